The number of hydrogen-bond acceptors (Lipinski definition) is 7. The van der Waals surface area contributed by atoms with E-state index in [0.29, 0.717) is 21.6 Å². The Bertz CT molecular complexity index is 1250. The Balaban J connectivity index is 1.39. The van der Waals surface area contributed by atoms with Gasteiger partial charge in [-0.15, -0.1) is 11.3 Å². The van der Waals surface area contributed by atoms with E-state index in [2.05, 4.69) is 37.1 Å². The zero-order chi connectivity index (χ0) is 25.0. The van der Waals surface area contributed by atoms with Gasteiger partial charge in [0.15, 0.2) is 5.13 Å². The van der Waals surface area contributed by atoms with Crippen LogP contribution in [0.1, 0.15) is 50.4 Å². The molecule has 1 aliphatic carbocycles. The van der Waals surface area contributed by atoms with Gasteiger partial charge in [-0.3, -0.25) is 4.79 Å². The number of aryl methyl sites for hydroxylation is 1. The topological polar surface area (TPSA) is 87.9 Å². The Labute approximate surface area is 215 Å². The lowest BCUT2D eigenvalue weighted by molar-refractivity contribution is -0.113. The third kappa shape index (κ3) is 5.85. The maximum Gasteiger partial charge on any atom is 0.236 e. The molecule has 1 amide bonds. The fourth-order valence-electron chi connectivity index (χ4n) is 4.31. The van der Waals surface area contributed by atoms with E-state index in [-0.39, 0.29) is 17.1 Å². The molecule has 0 fully saturated rings. The number of benzene rings is 1. The second kappa shape index (κ2) is 10.8. The number of hydrogen-bond donors (Lipinski definition) is 1. The summed E-state index contributed by atoms with van der Waals surface area (Å²) < 4.78 is 5.19. The van der Waals surface area contributed by atoms with Gasteiger partial charge in [0.05, 0.1) is 24.1 Å². The Morgan fingerprint density at radius 1 is 1.31 bits per heavy atom. The first-order chi connectivity index (χ1) is 16.8. The molecule has 1 unspecified atom stereocenters. The Kier molecular flexibility index (Phi) is 7.78. The van der Waals surface area contributed by atoms with Crippen LogP contribution in [0.5, 0.6) is 5.75 Å². The molecule has 1 N–H and O–H groups in total. The molecule has 1 aromatic carbocycles. The molecular formula is C27H30N4O2S2. The van der Waals surface area contributed by atoms with Gasteiger partial charge in [0, 0.05) is 16.6 Å². The maximum atomic E-state index is 12.6. The van der Waals surface area contributed by atoms with Crippen LogP contribution in [0.4, 0.5) is 5.13 Å². The van der Waals surface area contributed by atoms with Crippen LogP contribution in [0.2, 0.25) is 0 Å². The van der Waals surface area contributed by atoms with Gasteiger partial charge in [-0.1, -0.05) is 39.0 Å². The van der Waals surface area contributed by atoms with Crippen LogP contribution in [0, 0.1) is 22.7 Å². The molecule has 0 saturated carbocycles. The monoisotopic (exact) mass is 506 g/mol. The zero-order valence-corrected chi connectivity index (χ0v) is 22.2. The molecule has 0 saturated heterocycles. The Morgan fingerprint density at radius 3 is 2.77 bits per heavy atom. The van der Waals surface area contributed by atoms with Crippen molar-refractivity contribution in [3.8, 4) is 23.1 Å². The highest BCUT2D eigenvalue weighted by Gasteiger charge is 2.32. The summed E-state index contributed by atoms with van der Waals surface area (Å²) in [6.07, 6.45) is 4.12. The van der Waals surface area contributed by atoms with Gasteiger partial charge >= 0.3 is 0 Å². The smallest absolute Gasteiger partial charge is 0.236 e. The minimum Gasteiger partial charge on any atom is -0.497 e. The number of pyridine rings is 1. The van der Waals surface area contributed by atoms with E-state index in [1.54, 1.807) is 7.11 Å². The molecule has 1 atom stereocenters. The number of ether oxygens (including phenoxy) is 1. The highest BCUT2D eigenvalue weighted by molar-refractivity contribution is 8.00. The third-order valence-electron chi connectivity index (χ3n) is 6.97. The molecule has 35 heavy (non-hydrogen) atoms. The lowest BCUT2D eigenvalue weighted by atomic mass is 9.69. The first-order valence-electron chi connectivity index (χ1n) is 11.8. The van der Waals surface area contributed by atoms with E-state index in [1.807, 2.05) is 35.7 Å². The Hall–Kier alpha value is -2.89. The van der Waals surface area contributed by atoms with Gasteiger partial charge in [0.25, 0.3) is 0 Å². The van der Waals surface area contributed by atoms with Gasteiger partial charge in [-0.25, -0.2) is 9.97 Å². The SMILES string of the molecule is CCC(C)(C)C1CCc2nc(SCC(=O)Nc3nc(-c4ccc(OC)cc4)cs3)c(C#N)cc2C1. The molecule has 2 aromatic heterocycles. The number of anilines is 1. The number of carbonyl (C=O) groups is 1. The summed E-state index contributed by atoms with van der Waals surface area (Å²) in [4.78, 5) is 21.9. The van der Waals surface area contributed by atoms with Crippen molar-refractivity contribution in [1.29, 1.82) is 5.26 Å². The van der Waals surface area contributed by atoms with Crippen LogP contribution in [0.3, 0.4) is 0 Å². The number of amides is 1. The number of fused-ring (bicyclic) bond motifs is 1. The molecule has 182 valence electrons. The standard InChI is InChI=1S/C27H30N4O2S2/c1-5-27(2,3)20-8-11-22-18(13-20)12-19(14-28)25(29-22)34-16-24(32)31-26-30-23(15-35-26)17-6-9-21(33-4)10-7-17/h6-7,9-10,12,15,20H,5,8,11,13,16H2,1-4H3,(H,30,31,32). The normalized spacial score (nSPS) is 15.2. The molecule has 8 heteroatoms. The van der Waals surface area contributed by atoms with Crippen molar-refractivity contribution in [2.75, 3.05) is 18.2 Å². The molecule has 4 rings (SSSR count). The number of thioether (sulfide) groups is 1. The number of carbonyl (C=O) groups excluding carboxylic acids is 1. The second-order valence-electron chi connectivity index (χ2n) is 9.44. The summed E-state index contributed by atoms with van der Waals surface area (Å²) in [7, 11) is 1.63. The summed E-state index contributed by atoms with van der Waals surface area (Å²) in [6.45, 7) is 6.89. The lowest BCUT2D eigenvalue weighted by Gasteiger charge is -2.37. The summed E-state index contributed by atoms with van der Waals surface area (Å²) in [5.41, 5.74) is 4.83. The van der Waals surface area contributed by atoms with Crippen molar-refractivity contribution in [3.05, 3.63) is 52.5 Å². The number of rotatable bonds is 8. The molecule has 3 aromatic rings. The predicted octanol–water partition coefficient (Wildman–Crippen LogP) is 6.36. The van der Waals surface area contributed by atoms with Crippen LogP contribution < -0.4 is 10.1 Å². The first-order valence-corrected chi connectivity index (χ1v) is 13.6. The third-order valence-corrected chi connectivity index (χ3v) is 8.71. The number of methoxy groups -OCH3 is 1. The van der Waals surface area contributed by atoms with Gasteiger partial charge in [0.2, 0.25) is 5.91 Å². The van der Waals surface area contributed by atoms with Crippen LogP contribution >= 0.6 is 23.1 Å². The van der Waals surface area contributed by atoms with E-state index >= 15 is 0 Å². The quantitative estimate of drug-likeness (QED) is 0.358. The van der Waals surface area contributed by atoms with Gasteiger partial charge in [-0.2, -0.15) is 5.26 Å². The van der Waals surface area contributed by atoms with Crippen molar-refractivity contribution in [2.24, 2.45) is 11.3 Å². The van der Waals surface area contributed by atoms with Crippen LogP contribution in [-0.4, -0.2) is 28.7 Å². The van der Waals surface area contributed by atoms with Crippen LogP contribution in [0.15, 0.2) is 40.7 Å². The summed E-state index contributed by atoms with van der Waals surface area (Å²) in [5, 5.41) is 15.7. The zero-order valence-electron chi connectivity index (χ0n) is 20.6. The van der Waals surface area contributed by atoms with E-state index in [9.17, 15) is 10.1 Å². The van der Waals surface area contributed by atoms with Crippen molar-refractivity contribution >= 4 is 34.1 Å². The summed E-state index contributed by atoms with van der Waals surface area (Å²) >= 11 is 2.69. The summed E-state index contributed by atoms with van der Waals surface area (Å²) in [6, 6.07) is 11.9. The van der Waals surface area contributed by atoms with Crippen molar-refractivity contribution in [2.45, 2.75) is 51.5 Å². The van der Waals surface area contributed by atoms with Gasteiger partial charge in [0.1, 0.15) is 16.8 Å². The van der Waals surface area contributed by atoms with Crippen molar-refractivity contribution < 1.29 is 9.53 Å². The fraction of sp³-hybridized carbons (Fsp3) is 0.407. The molecular weight excluding hydrogens is 476 g/mol. The lowest BCUT2D eigenvalue weighted by Crippen LogP contribution is -2.29. The van der Waals surface area contributed by atoms with E-state index in [4.69, 9.17) is 9.72 Å². The molecule has 1 aliphatic rings. The molecule has 6 nitrogen and oxygen atoms in total. The highest BCUT2D eigenvalue weighted by Crippen LogP contribution is 2.40. The molecule has 0 aliphatic heterocycles. The van der Waals surface area contributed by atoms with Crippen molar-refractivity contribution in [3.63, 3.8) is 0 Å². The molecule has 0 spiro atoms. The number of nitrogens with one attached hydrogen (secondary N) is 1. The van der Waals surface area contributed by atoms with Gasteiger partial charge < -0.3 is 10.1 Å². The average molecular weight is 507 g/mol. The maximum absolute atomic E-state index is 12.6. The number of nitriles is 1. The van der Waals surface area contributed by atoms with E-state index in [1.165, 1.54) is 28.7 Å². The van der Waals surface area contributed by atoms with Crippen molar-refractivity contribution in [1.82, 2.24) is 9.97 Å². The predicted molar refractivity (Wildman–Crippen MR) is 142 cm³/mol. The highest BCUT2D eigenvalue weighted by atomic mass is 32.2. The van der Waals surface area contributed by atoms with Gasteiger partial charge in [-0.05, 0) is 66.5 Å². The number of thiazole rings is 1. The number of aromatic nitrogens is 2. The van der Waals surface area contributed by atoms with E-state index in [0.717, 1.165) is 48.4 Å². The van der Waals surface area contributed by atoms with E-state index < -0.39 is 0 Å². The minimum absolute atomic E-state index is 0.168. The average Bonchev–Trinajstić information content (AvgIpc) is 3.34. The molecule has 0 radical (unpaired) electrons. The molecule has 2 heterocycles. The number of nitrogens with zero attached hydrogens (tertiary/aromatic N) is 3. The summed E-state index contributed by atoms with van der Waals surface area (Å²) in [5.74, 6) is 1.38. The Morgan fingerprint density at radius 2 is 2.09 bits per heavy atom. The largest absolute Gasteiger partial charge is 0.497 e. The fourth-order valence-corrected chi connectivity index (χ4v) is 5.82. The minimum atomic E-state index is -0.168. The van der Waals surface area contributed by atoms with Crippen LogP contribution in [0.25, 0.3) is 11.3 Å². The first kappa shape index (κ1) is 25.2. The second-order valence-corrected chi connectivity index (χ2v) is 11.3. The molecule has 0 bridgehead atoms. The van der Waals surface area contributed by atoms with Crippen LogP contribution in [-0.2, 0) is 17.6 Å².